The molecule has 0 N–H and O–H groups in total. The number of rotatable bonds is 6. The molecule has 0 saturated carbocycles. The van der Waals surface area contributed by atoms with E-state index >= 15 is 0 Å². The Morgan fingerprint density at radius 2 is 2.08 bits per heavy atom. The smallest absolute Gasteiger partial charge is 0.254 e. The van der Waals surface area contributed by atoms with Crippen molar-refractivity contribution in [1.82, 2.24) is 4.90 Å². The molecule has 2 aromatic rings. The van der Waals surface area contributed by atoms with Crippen molar-refractivity contribution >= 4 is 5.91 Å². The van der Waals surface area contributed by atoms with E-state index < -0.39 is 0 Å². The van der Waals surface area contributed by atoms with E-state index in [9.17, 15) is 4.79 Å². The maximum atomic E-state index is 12.9. The molecule has 25 heavy (non-hydrogen) atoms. The predicted molar refractivity (Wildman–Crippen MR) is 98.3 cm³/mol. The highest BCUT2D eigenvalue weighted by Gasteiger charge is 2.29. The lowest BCUT2D eigenvalue weighted by molar-refractivity contribution is 0.0730. The van der Waals surface area contributed by atoms with E-state index in [1.807, 2.05) is 18.0 Å². The second-order valence-corrected chi connectivity index (χ2v) is 6.13. The third-order valence-electron chi connectivity index (χ3n) is 4.66. The monoisotopic (exact) mass is 337 g/mol. The Morgan fingerprint density at radius 1 is 1.28 bits per heavy atom. The van der Waals surface area contributed by atoms with Crippen LogP contribution in [0.5, 0.6) is 11.5 Å². The average Bonchev–Trinajstić information content (AvgIpc) is 3.09. The van der Waals surface area contributed by atoms with Gasteiger partial charge < -0.3 is 14.4 Å². The normalized spacial score (nSPS) is 15.4. The van der Waals surface area contributed by atoms with E-state index in [2.05, 4.69) is 24.8 Å². The van der Waals surface area contributed by atoms with Gasteiger partial charge in [0.05, 0.1) is 13.2 Å². The highest BCUT2D eigenvalue weighted by molar-refractivity contribution is 5.95. The van der Waals surface area contributed by atoms with Crippen LogP contribution in [0.4, 0.5) is 0 Å². The molecule has 1 unspecified atom stereocenters. The number of amides is 1. The summed E-state index contributed by atoms with van der Waals surface area (Å²) in [7, 11) is 3.44. The van der Waals surface area contributed by atoms with Gasteiger partial charge in [-0.25, -0.2) is 0 Å². The summed E-state index contributed by atoms with van der Waals surface area (Å²) in [6.07, 6.45) is 3.64. The molecule has 4 nitrogen and oxygen atoms in total. The second-order valence-electron chi connectivity index (χ2n) is 6.13. The minimum absolute atomic E-state index is 0.0183. The molecule has 0 heterocycles. The van der Waals surface area contributed by atoms with Crippen LogP contribution in [0.1, 0.15) is 33.9 Å². The topological polar surface area (TPSA) is 38.8 Å². The van der Waals surface area contributed by atoms with Gasteiger partial charge >= 0.3 is 0 Å². The first-order valence-electron chi connectivity index (χ1n) is 8.42. The van der Waals surface area contributed by atoms with Gasteiger partial charge in [0.15, 0.2) is 11.5 Å². The number of carbonyl (C=O) groups excluding carboxylic acids is 1. The third-order valence-corrected chi connectivity index (χ3v) is 4.66. The van der Waals surface area contributed by atoms with Gasteiger partial charge in [-0.05, 0) is 42.2 Å². The fourth-order valence-corrected chi connectivity index (χ4v) is 3.35. The Morgan fingerprint density at radius 3 is 2.84 bits per heavy atom. The van der Waals surface area contributed by atoms with Crippen molar-refractivity contribution in [2.24, 2.45) is 0 Å². The Labute approximate surface area is 148 Å². The summed E-state index contributed by atoms with van der Waals surface area (Å²) >= 11 is 0. The molecular formula is C21H23NO3. The number of methoxy groups -OCH3 is 1. The number of hydrogen-bond donors (Lipinski definition) is 0. The summed E-state index contributed by atoms with van der Waals surface area (Å²) in [6.45, 7) is 4.03. The molecule has 1 aliphatic rings. The van der Waals surface area contributed by atoms with Crippen LogP contribution in [-0.2, 0) is 6.42 Å². The van der Waals surface area contributed by atoms with Crippen LogP contribution in [0.15, 0.2) is 55.1 Å². The van der Waals surface area contributed by atoms with Gasteiger partial charge in [-0.1, -0.05) is 36.9 Å². The van der Waals surface area contributed by atoms with Crippen molar-refractivity contribution in [2.45, 2.75) is 18.9 Å². The highest BCUT2D eigenvalue weighted by atomic mass is 16.5. The fourth-order valence-electron chi connectivity index (χ4n) is 3.35. The lowest BCUT2D eigenvalue weighted by Gasteiger charge is -2.26. The van der Waals surface area contributed by atoms with Crippen LogP contribution in [0.2, 0.25) is 0 Å². The zero-order chi connectivity index (χ0) is 17.8. The quantitative estimate of drug-likeness (QED) is 0.747. The number of fused-ring (bicyclic) bond motifs is 1. The first-order valence-corrected chi connectivity index (χ1v) is 8.42. The van der Waals surface area contributed by atoms with Gasteiger partial charge in [0.1, 0.15) is 6.61 Å². The average molecular weight is 337 g/mol. The van der Waals surface area contributed by atoms with E-state index in [-0.39, 0.29) is 11.9 Å². The zero-order valence-electron chi connectivity index (χ0n) is 14.7. The van der Waals surface area contributed by atoms with Crippen LogP contribution in [0, 0.1) is 0 Å². The number of carbonyl (C=O) groups is 1. The van der Waals surface area contributed by atoms with E-state index in [4.69, 9.17) is 9.47 Å². The van der Waals surface area contributed by atoms with Crippen molar-refractivity contribution in [3.63, 3.8) is 0 Å². The van der Waals surface area contributed by atoms with Crippen molar-refractivity contribution in [1.29, 1.82) is 0 Å². The van der Waals surface area contributed by atoms with Crippen LogP contribution < -0.4 is 9.47 Å². The Bertz CT molecular complexity index is 784. The number of aryl methyl sites for hydroxylation is 1. The van der Waals surface area contributed by atoms with Gasteiger partial charge in [0, 0.05) is 12.6 Å². The summed E-state index contributed by atoms with van der Waals surface area (Å²) in [4.78, 5) is 14.8. The number of hydrogen-bond acceptors (Lipinski definition) is 3. The maximum absolute atomic E-state index is 12.9. The molecule has 0 saturated heterocycles. The Balaban J connectivity index is 1.82. The molecule has 130 valence electrons. The summed E-state index contributed by atoms with van der Waals surface area (Å²) in [6, 6.07) is 13.7. The van der Waals surface area contributed by atoms with Crippen molar-refractivity contribution in [2.75, 3.05) is 20.8 Å². The molecular weight excluding hydrogens is 314 g/mol. The zero-order valence-corrected chi connectivity index (χ0v) is 14.7. The number of benzene rings is 2. The minimum Gasteiger partial charge on any atom is -0.493 e. The van der Waals surface area contributed by atoms with Crippen LogP contribution in [0.3, 0.4) is 0 Å². The summed E-state index contributed by atoms with van der Waals surface area (Å²) in [5.74, 6) is 1.14. The molecule has 1 amide bonds. The first kappa shape index (κ1) is 17.1. The van der Waals surface area contributed by atoms with E-state index in [1.165, 1.54) is 11.1 Å². The lowest BCUT2D eigenvalue weighted by Crippen LogP contribution is -2.30. The largest absolute Gasteiger partial charge is 0.493 e. The van der Waals surface area contributed by atoms with Crippen LogP contribution >= 0.6 is 0 Å². The second kappa shape index (κ2) is 7.43. The summed E-state index contributed by atoms with van der Waals surface area (Å²) in [5, 5.41) is 0. The Hall–Kier alpha value is -2.75. The minimum atomic E-state index is -0.0183. The van der Waals surface area contributed by atoms with Crippen LogP contribution in [0.25, 0.3) is 0 Å². The van der Waals surface area contributed by atoms with Crippen molar-refractivity contribution < 1.29 is 14.3 Å². The number of ether oxygens (including phenoxy) is 2. The molecule has 0 bridgehead atoms. The molecule has 0 radical (unpaired) electrons. The van der Waals surface area contributed by atoms with E-state index in [1.54, 1.807) is 31.4 Å². The summed E-state index contributed by atoms with van der Waals surface area (Å²) < 4.78 is 10.9. The molecule has 0 fully saturated rings. The van der Waals surface area contributed by atoms with Crippen molar-refractivity contribution in [3.8, 4) is 11.5 Å². The van der Waals surface area contributed by atoms with Gasteiger partial charge in [-0.15, -0.1) is 0 Å². The highest BCUT2D eigenvalue weighted by Crippen LogP contribution is 2.36. The van der Waals surface area contributed by atoms with E-state index in [0.717, 1.165) is 12.8 Å². The lowest BCUT2D eigenvalue weighted by atomic mass is 10.1. The molecule has 0 aromatic heterocycles. The maximum Gasteiger partial charge on any atom is 0.254 e. The SMILES string of the molecule is C=CCOc1ccc(C(=O)N(C)C2CCc3ccccc32)cc1OC. The van der Waals surface area contributed by atoms with Gasteiger partial charge in [0.2, 0.25) is 0 Å². The fraction of sp³-hybridized carbons (Fsp3) is 0.286. The molecule has 0 spiro atoms. The van der Waals surface area contributed by atoms with Crippen LogP contribution in [-0.4, -0.2) is 31.6 Å². The first-order chi connectivity index (χ1) is 12.2. The number of nitrogens with zero attached hydrogens (tertiary/aromatic N) is 1. The molecule has 0 aliphatic heterocycles. The molecule has 2 aromatic carbocycles. The third kappa shape index (κ3) is 3.38. The summed E-state index contributed by atoms with van der Waals surface area (Å²) in [5.41, 5.74) is 3.17. The van der Waals surface area contributed by atoms with Gasteiger partial charge in [0.25, 0.3) is 5.91 Å². The predicted octanol–water partition coefficient (Wildman–Crippen LogP) is 4.02. The van der Waals surface area contributed by atoms with E-state index in [0.29, 0.717) is 23.7 Å². The molecule has 4 heteroatoms. The Kier molecular flexibility index (Phi) is 5.08. The molecule has 1 aliphatic carbocycles. The molecule has 3 rings (SSSR count). The standard InChI is InChI=1S/C21H23NO3/c1-4-13-25-19-12-10-16(14-20(19)24-3)21(23)22(2)18-11-9-15-7-5-6-8-17(15)18/h4-8,10,12,14,18H,1,9,11,13H2,2-3H3. The van der Waals surface area contributed by atoms with Gasteiger partial charge in [-0.3, -0.25) is 4.79 Å². The molecule has 1 atom stereocenters. The van der Waals surface area contributed by atoms with Gasteiger partial charge in [-0.2, -0.15) is 0 Å². The van der Waals surface area contributed by atoms with Crippen molar-refractivity contribution in [3.05, 3.63) is 71.8 Å².